The first-order valence-corrected chi connectivity index (χ1v) is 10.9. The van der Waals surface area contributed by atoms with E-state index in [4.69, 9.17) is 14.8 Å². The van der Waals surface area contributed by atoms with E-state index in [1.165, 1.54) is 5.56 Å². The third-order valence-corrected chi connectivity index (χ3v) is 5.75. The molecular formula is C28H24N4O. The van der Waals surface area contributed by atoms with Gasteiger partial charge in [0.1, 0.15) is 17.3 Å². The van der Waals surface area contributed by atoms with Crippen molar-refractivity contribution in [3.63, 3.8) is 0 Å². The molecule has 2 heterocycles. The van der Waals surface area contributed by atoms with Crippen LogP contribution in [0.2, 0.25) is 0 Å². The summed E-state index contributed by atoms with van der Waals surface area (Å²) in [6.07, 6.45) is 4.49. The Labute approximate surface area is 193 Å². The summed E-state index contributed by atoms with van der Waals surface area (Å²) < 4.78 is 7.32. The lowest BCUT2D eigenvalue weighted by Crippen LogP contribution is -2.08. The third-order valence-electron chi connectivity index (χ3n) is 5.75. The van der Waals surface area contributed by atoms with Gasteiger partial charge in [-0.05, 0) is 29.1 Å². The first-order valence-electron chi connectivity index (χ1n) is 10.9. The quantitative estimate of drug-likeness (QED) is 0.296. The summed E-state index contributed by atoms with van der Waals surface area (Å²) in [5, 5.41) is 7.06. The molecule has 0 saturated heterocycles. The minimum absolute atomic E-state index is 0.108. The summed E-state index contributed by atoms with van der Waals surface area (Å²) in [7, 11) is 1.66. The van der Waals surface area contributed by atoms with Crippen molar-refractivity contribution in [3.8, 4) is 23.0 Å². The van der Waals surface area contributed by atoms with E-state index in [2.05, 4.69) is 29.8 Å². The number of rotatable bonds is 7. The Kier molecular flexibility index (Phi) is 5.68. The van der Waals surface area contributed by atoms with Crippen LogP contribution in [-0.4, -0.2) is 26.9 Å². The predicted octanol–water partition coefficient (Wildman–Crippen LogP) is 6.00. The zero-order valence-corrected chi connectivity index (χ0v) is 18.4. The highest BCUT2D eigenvalue weighted by Gasteiger charge is 2.19. The van der Waals surface area contributed by atoms with E-state index in [9.17, 15) is 0 Å². The molecular weight excluding hydrogens is 408 g/mol. The first kappa shape index (κ1) is 20.6. The van der Waals surface area contributed by atoms with Gasteiger partial charge in [0.2, 0.25) is 0 Å². The maximum Gasteiger partial charge on any atom is 0.200 e. The number of hydrogen-bond donors (Lipinski definition) is 0. The zero-order valence-electron chi connectivity index (χ0n) is 18.4. The van der Waals surface area contributed by atoms with Crippen molar-refractivity contribution in [3.05, 3.63) is 115 Å². The summed E-state index contributed by atoms with van der Waals surface area (Å²) in [6, 6.07) is 28.4. The number of methoxy groups -OCH3 is 1. The standard InChI is InChI=1S/C28H24N4O/c1-3-20(21-10-5-4-6-11-21)17-27-30-28(26-16-22-12-7-8-13-23(22)19-29-26)31-32(27)24-14-9-15-25(18-24)33-2/h3-16,18-20H,1,17H2,2H3. The number of nitrogens with zero attached hydrogens (tertiary/aromatic N) is 4. The van der Waals surface area contributed by atoms with Crippen molar-refractivity contribution in [2.75, 3.05) is 7.11 Å². The summed E-state index contributed by atoms with van der Waals surface area (Å²) >= 11 is 0. The molecule has 0 amide bonds. The average molecular weight is 433 g/mol. The molecule has 1 unspecified atom stereocenters. The fourth-order valence-corrected chi connectivity index (χ4v) is 3.97. The van der Waals surface area contributed by atoms with Crippen LogP contribution in [0.1, 0.15) is 17.3 Å². The highest BCUT2D eigenvalue weighted by atomic mass is 16.5. The number of hydrogen-bond acceptors (Lipinski definition) is 4. The van der Waals surface area contributed by atoms with Gasteiger partial charge in [0, 0.05) is 30.0 Å². The number of pyridine rings is 1. The van der Waals surface area contributed by atoms with Crippen molar-refractivity contribution >= 4 is 10.8 Å². The molecule has 0 spiro atoms. The monoisotopic (exact) mass is 432 g/mol. The van der Waals surface area contributed by atoms with Gasteiger partial charge in [-0.2, -0.15) is 0 Å². The van der Waals surface area contributed by atoms with Gasteiger partial charge in [0.15, 0.2) is 5.82 Å². The predicted molar refractivity (Wildman–Crippen MR) is 132 cm³/mol. The number of allylic oxidation sites excluding steroid dienone is 1. The SMILES string of the molecule is C=CC(Cc1nc(-c2cc3ccccc3cn2)nn1-c1cccc(OC)c1)c1ccccc1. The Morgan fingerprint density at radius 1 is 0.939 bits per heavy atom. The van der Waals surface area contributed by atoms with Gasteiger partial charge in [-0.15, -0.1) is 11.7 Å². The van der Waals surface area contributed by atoms with Crippen LogP contribution in [0.15, 0.2) is 104 Å². The Hall–Kier alpha value is -4.25. The van der Waals surface area contributed by atoms with Crippen LogP contribution >= 0.6 is 0 Å². The van der Waals surface area contributed by atoms with Crippen LogP contribution in [0.3, 0.4) is 0 Å². The van der Waals surface area contributed by atoms with Gasteiger partial charge in [-0.25, -0.2) is 9.67 Å². The van der Waals surface area contributed by atoms with Crippen LogP contribution in [0.25, 0.3) is 28.0 Å². The maximum absolute atomic E-state index is 5.44. The molecule has 5 heteroatoms. The van der Waals surface area contributed by atoms with E-state index in [1.54, 1.807) is 7.11 Å². The highest BCUT2D eigenvalue weighted by Crippen LogP contribution is 2.27. The molecule has 5 nitrogen and oxygen atoms in total. The lowest BCUT2D eigenvalue weighted by molar-refractivity contribution is 0.414. The molecule has 0 radical (unpaired) electrons. The third kappa shape index (κ3) is 4.26. The number of aromatic nitrogens is 4. The molecule has 0 fully saturated rings. The van der Waals surface area contributed by atoms with Crippen molar-refractivity contribution in [1.29, 1.82) is 0 Å². The lowest BCUT2D eigenvalue weighted by Gasteiger charge is -2.13. The topological polar surface area (TPSA) is 52.8 Å². The fraction of sp³-hybridized carbons (Fsp3) is 0.107. The summed E-state index contributed by atoms with van der Waals surface area (Å²) in [6.45, 7) is 4.07. The Morgan fingerprint density at radius 2 is 1.73 bits per heavy atom. The van der Waals surface area contributed by atoms with E-state index >= 15 is 0 Å². The zero-order chi connectivity index (χ0) is 22.6. The van der Waals surface area contributed by atoms with E-state index in [-0.39, 0.29) is 5.92 Å². The highest BCUT2D eigenvalue weighted by molar-refractivity contribution is 5.84. The van der Waals surface area contributed by atoms with E-state index in [1.807, 2.05) is 83.7 Å². The molecule has 2 aromatic heterocycles. The van der Waals surface area contributed by atoms with E-state index < -0.39 is 0 Å². The van der Waals surface area contributed by atoms with Gasteiger partial charge in [-0.3, -0.25) is 4.98 Å². The molecule has 3 aromatic carbocycles. The molecule has 162 valence electrons. The van der Waals surface area contributed by atoms with Gasteiger partial charge >= 0.3 is 0 Å². The summed E-state index contributed by atoms with van der Waals surface area (Å²) in [5.74, 6) is 2.30. The molecule has 0 aliphatic rings. The van der Waals surface area contributed by atoms with Gasteiger partial charge in [0.05, 0.1) is 12.8 Å². The molecule has 1 atom stereocenters. The molecule has 5 aromatic rings. The Balaban J connectivity index is 1.61. The van der Waals surface area contributed by atoms with Crippen LogP contribution < -0.4 is 4.74 Å². The molecule has 0 aliphatic heterocycles. The average Bonchev–Trinajstić information content (AvgIpc) is 3.31. The molecule has 5 rings (SSSR count). The van der Waals surface area contributed by atoms with Crippen molar-refractivity contribution in [2.24, 2.45) is 0 Å². The fourth-order valence-electron chi connectivity index (χ4n) is 3.97. The van der Waals surface area contributed by atoms with E-state index in [0.717, 1.165) is 33.7 Å². The normalized spacial score (nSPS) is 11.9. The van der Waals surface area contributed by atoms with Crippen LogP contribution in [-0.2, 0) is 6.42 Å². The molecule has 0 saturated carbocycles. The van der Waals surface area contributed by atoms with Crippen molar-refractivity contribution in [1.82, 2.24) is 19.7 Å². The van der Waals surface area contributed by atoms with Gasteiger partial charge < -0.3 is 4.74 Å². The van der Waals surface area contributed by atoms with Crippen LogP contribution in [0, 0.1) is 0 Å². The smallest absolute Gasteiger partial charge is 0.200 e. The van der Waals surface area contributed by atoms with Crippen LogP contribution in [0.5, 0.6) is 5.75 Å². The summed E-state index contributed by atoms with van der Waals surface area (Å²) in [5.41, 5.74) is 2.82. The van der Waals surface area contributed by atoms with Crippen molar-refractivity contribution < 1.29 is 4.74 Å². The maximum atomic E-state index is 5.44. The Bertz CT molecular complexity index is 1410. The second-order valence-electron chi connectivity index (χ2n) is 7.84. The second kappa shape index (κ2) is 9.09. The molecule has 0 aliphatic carbocycles. The van der Waals surface area contributed by atoms with Crippen LogP contribution in [0.4, 0.5) is 0 Å². The molecule has 0 N–H and O–H groups in total. The van der Waals surface area contributed by atoms with Gasteiger partial charge in [-0.1, -0.05) is 66.7 Å². The number of fused-ring (bicyclic) bond motifs is 1. The lowest BCUT2D eigenvalue weighted by atomic mass is 9.95. The minimum Gasteiger partial charge on any atom is -0.497 e. The molecule has 33 heavy (non-hydrogen) atoms. The number of ether oxygens (including phenoxy) is 1. The summed E-state index contributed by atoms with van der Waals surface area (Å²) in [4.78, 5) is 9.57. The van der Waals surface area contributed by atoms with Crippen molar-refractivity contribution in [2.45, 2.75) is 12.3 Å². The van der Waals surface area contributed by atoms with E-state index in [0.29, 0.717) is 12.2 Å². The first-order chi connectivity index (χ1) is 16.2. The van der Waals surface area contributed by atoms with Gasteiger partial charge in [0.25, 0.3) is 0 Å². The minimum atomic E-state index is 0.108. The molecule has 0 bridgehead atoms. The second-order valence-corrected chi connectivity index (χ2v) is 7.84. The Morgan fingerprint density at radius 3 is 2.52 bits per heavy atom. The number of benzene rings is 3. The largest absolute Gasteiger partial charge is 0.497 e.